The quantitative estimate of drug-likeness (QED) is 0.693. The molecule has 1 heteroatoms. The second-order valence-electron chi connectivity index (χ2n) is 5.85. The highest BCUT2D eigenvalue weighted by Gasteiger charge is 2.44. The minimum atomic E-state index is 0.287. The molecular weight excluding hydrogens is 158 g/mol. The van der Waals surface area contributed by atoms with Crippen LogP contribution >= 0.6 is 0 Å². The molecule has 0 amide bonds. The van der Waals surface area contributed by atoms with Crippen LogP contribution in [-0.2, 0) is 0 Å². The fourth-order valence-electron chi connectivity index (χ4n) is 3.98. The first-order valence-corrected chi connectivity index (χ1v) is 6.04. The summed E-state index contributed by atoms with van der Waals surface area (Å²) in [6, 6.07) is 0. The molecule has 0 heterocycles. The van der Waals surface area contributed by atoms with Gasteiger partial charge in [0.25, 0.3) is 0 Å². The lowest BCUT2D eigenvalue weighted by Gasteiger charge is -2.41. The van der Waals surface area contributed by atoms with E-state index in [9.17, 15) is 0 Å². The van der Waals surface area contributed by atoms with E-state index in [0.717, 1.165) is 17.8 Å². The highest BCUT2D eigenvalue weighted by molar-refractivity contribution is 4.99. The number of fused-ring (bicyclic) bond motifs is 2. The van der Waals surface area contributed by atoms with E-state index in [0.29, 0.717) is 0 Å². The molecule has 2 bridgehead atoms. The van der Waals surface area contributed by atoms with Gasteiger partial charge in [-0.3, -0.25) is 0 Å². The van der Waals surface area contributed by atoms with Crippen LogP contribution < -0.4 is 5.73 Å². The lowest BCUT2D eigenvalue weighted by molar-refractivity contribution is 0.164. The van der Waals surface area contributed by atoms with Gasteiger partial charge in [-0.2, -0.15) is 0 Å². The van der Waals surface area contributed by atoms with Crippen LogP contribution in [0.25, 0.3) is 0 Å². The van der Waals surface area contributed by atoms with Crippen LogP contribution in [0.1, 0.15) is 51.4 Å². The predicted octanol–water partition coefficient (Wildman–Crippen LogP) is 2.69. The maximum atomic E-state index is 6.31. The molecule has 3 atom stereocenters. The standard InChI is InChI=1S/C12H21N/c13-12(4-1-5-12)8-11-7-9-2-3-10(11)6-9/h9-11H,1-8,13H2. The second-order valence-corrected chi connectivity index (χ2v) is 5.85. The Morgan fingerprint density at radius 2 is 2.00 bits per heavy atom. The van der Waals surface area contributed by atoms with E-state index in [2.05, 4.69) is 0 Å². The van der Waals surface area contributed by atoms with E-state index in [4.69, 9.17) is 5.73 Å². The molecule has 3 saturated carbocycles. The maximum Gasteiger partial charge on any atom is 0.0157 e. The summed E-state index contributed by atoms with van der Waals surface area (Å²) in [5.41, 5.74) is 6.60. The molecule has 0 aromatic heterocycles. The summed E-state index contributed by atoms with van der Waals surface area (Å²) in [7, 11) is 0. The Bertz CT molecular complexity index is 207. The predicted molar refractivity (Wildman–Crippen MR) is 54.3 cm³/mol. The van der Waals surface area contributed by atoms with Crippen LogP contribution in [0.2, 0.25) is 0 Å². The minimum Gasteiger partial charge on any atom is -0.325 e. The molecular formula is C12H21N. The van der Waals surface area contributed by atoms with Crippen molar-refractivity contribution in [3.8, 4) is 0 Å². The number of nitrogens with two attached hydrogens (primary N) is 1. The monoisotopic (exact) mass is 179 g/mol. The van der Waals surface area contributed by atoms with Gasteiger partial charge in [0.05, 0.1) is 0 Å². The molecule has 3 aliphatic carbocycles. The van der Waals surface area contributed by atoms with E-state index in [1.165, 1.54) is 44.9 Å². The van der Waals surface area contributed by atoms with Gasteiger partial charge in [0.2, 0.25) is 0 Å². The molecule has 3 unspecified atom stereocenters. The Balaban J connectivity index is 1.61. The van der Waals surface area contributed by atoms with E-state index in [1.54, 1.807) is 6.42 Å². The zero-order valence-electron chi connectivity index (χ0n) is 8.47. The van der Waals surface area contributed by atoms with Gasteiger partial charge in [0, 0.05) is 5.54 Å². The highest BCUT2D eigenvalue weighted by atomic mass is 14.8. The molecule has 1 nitrogen and oxygen atoms in total. The average molecular weight is 179 g/mol. The van der Waals surface area contributed by atoms with Crippen molar-refractivity contribution in [2.45, 2.75) is 56.9 Å². The summed E-state index contributed by atoms with van der Waals surface area (Å²) >= 11 is 0. The van der Waals surface area contributed by atoms with Crippen molar-refractivity contribution in [3.63, 3.8) is 0 Å². The van der Waals surface area contributed by atoms with Crippen LogP contribution in [-0.4, -0.2) is 5.54 Å². The van der Waals surface area contributed by atoms with Crippen LogP contribution in [0.15, 0.2) is 0 Å². The topological polar surface area (TPSA) is 26.0 Å². The Morgan fingerprint density at radius 3 is 2.46 bits per heavy atom. The fourth-order valence-corrected chi connectivity index (χ4v) is 3.98. The molecule has 3 rings (SSSR count). The lowest BCUT2D eigenvalue weighted by Crippen LogP contribution is -2.48. The van der Waals surface area contributed by atoms with E-state index in [1.807, 2.05) is 0 Å². The second kappa shape index (κ2) is 2.73. The third-order valence-electron chi connectivity index (χ3n) is 4.90. The summed E-state index contributed by atoms with van der Waals surface area (Å²) in [5, 5.41) is 0. The van der Waals surface area contributed by atoms with Gasteiger partial charge in [0.1, 0.15) is 0 Å². The summed E-state index contributed by atoms with van der Waals surface area (Å²) < 4.78 is 0. The van der Waals surface area contributed by atoms with Crippen LogP contribution in [0.3, 0.4) is 0 Å². The van der Waals surface area contributed by atoms with Crippen molar-refractivity contribution >= 4 is 0 Å². The average Bonchev–Trinajstić information content (AvgIpc) is 2.62. The first-order chi connectivity index (χ1) is 6.25. The van der Waals surface area contributed by atoms with Crippen molar-refractivity contribution < 1.29 is 0 Å². The Morgan fingerprint density at radius 1 is 1.15 bits per heavy atom. The SMILES string of the molecule is NC1(CC2CC3CCC2C3)CCC1. The zero-order valence-corrected chi connectivity index (χ0v) is 8.47. The third-order valence-corrected chi connectivity index (χ3v) is 4.90. The minimum absolute atomic E-state index is 0.287. The van der Waals surface area contributed by atoms with Crippen LogP contribution in [0, 0.1) is 17.8 Å². The molecule has 0 saturated heterocycles. The van der Waals surface area contributed by atoms with Crippen molar-refractivity contribution in [3.05, 3.63) is 0 Å². The van der Waals surface area contributed by atoms with Gasteiger partial charge >= 0.3 is 0 Å². The summed E-state index contributed by atoms with van der Waals surface area (Å²) in [5.74, 6) is 3.19. The van der Waals surface area contributed by atoms with Crippen molar-refractivity contribution in [2.75, 3.05) is 0 Å². The van der Waals surface area contributed by atoms with Gasteiger partial charge in [0.15, 0.2) is 0 Å². The van der Waals surface area contributed by atoms with E-state index >= 15 is 0 Å². The normalized spacial score (nSPS) is 46.4. The Hall–Kier alpha value is -0.0400. The molecule has 74 valence electrons. The van der Waals surface area contributed by atoms with Crippen molar-refractivity contribution in [1.82, 2.24) is 0 Å². The fraction of sp³-hybridized carbons (Fsp3) is 1.00. The third kappa shape index (κ3) is 1.32. The van der Waals surface area contributed by atoms with Gasteiger partial charge in [-0.05, 0) is 62.7 Å². The largest absolute Gasteiger partial charge is 0.325 e. The summed E-state index contributed by atoms with van der Waals surface area (Å²) in [6.07, 6.45) is 11.5. The molecule has 3 aliphatic rings. The molecule has 13 heavy (non-hydrogen) atoms. The smallest absolute Gasteiger partial charge is 0.0157 e. The van der Waals surface area contributed by atoms with Gasteiger partial charge in [-0.1, -0.05) is 6.42 Å². The van der Waals surface area contributed by atoms with Crippen molar-refractivity contribution in [1.29, 1.82) is 0 Å². The molecule has 0 aromatic carbocycles. The van der Waals surface area contributed by atoms with Crippen LogP contribution in [0.5, 0.6) is 0 Å². The Kier molecular flexibility index (Phi) is 1.74. The summed E-state index contributed by atoms with van der Waals surface area (Å²) in [6.45, 7) is 0. The number of rotatable bonds is 2. The summed E-state index contributed by atoms with van der Waals surface area (Å²) in [4.78, 5) is 0. The first-order valence-electron chi connectivity index (χ1n) is 6.04. The molecule has 2 N–H and O–H groups in total. The molecule has 3 fully saturated rings. The molecule has 0 aliphatic heterocycles. The van der Waals surface area contributed by atoms with Gasteiger partial charge < -0.3 is 5.73 Å². The van der Waals surface area contributed by atoms with E-state index in [-0.39, 0.29) is 5.54 Å². The first kappa shape index (κ1) is 8.28. The van der Waals surface area contributed by atoms with Crippen LogP contribution in [0.4, 0.5) is 0 Å². The zero-order chi connectivity index (χ0) is 8.89. The van der Waals surface area contributed by atoms with E-state index < -0.39 is 0 Å². The molecule has 0 radical (unpaired) electrons. The van der Waals surface area contributed by atoms with Gasteiger partial charge in [-0.15, -0.1) is 0 Å². The highest BCUT2D eigenvalue weighted by Crippen LogP contribution is 2.52. The molecule has 0 aromatic rings. The maximum absolute atomic E-state index is 6.31. The van der Waals surface area contributed by atoms with Gasteiger partial charge in [-0.25, -0.2) is 0 Å². The molecule has 0 spiro atoms. The lowest BCUT2D eigenvalue weighted by atomic mass is 9.69. The number of hydrogen-bond donors (Lipinski definition) is 1. The Labute approximate surface area is 81.1 Å². The number of hydrogen-bond acceptors (Lipinski definition) is 1. The van der Waals surface area contributed by atoms with Crippen molar-refractivity contribution in [2.24, 2.45) is 23.5 Å².